The molecule has 0 unspecified atom stereocenters. The highest BCUT2D eigenvalue weighted by atomic mass is 16.5. The van der Waals surface area contributed by atoms with Crippen molar-refractivity contribution >= 4 is 5.88 Å². The van der Waals surface area contributed by atoms with Crippen molar-refractivity contribution in [2.24, 2.45) is 0 Å². The van der Waals surface area contributed by atoms with Gasteiger partial charge in [0.1, 0.15) is 6.07 Å². The van der Waals surface area contributed by atoms with E-state index in [1.165, 1.54) is 0 Å². The number of oxazole rings is 1. The summed E-state index contributed by atoms with van der Waals surface area (Å²) >= 11 is 0. The van der Waals surface area contributed by atoms with Crippen molar-refractivity contribution in [1.29, 1.82) is 5.26 Å². The molecule has 0 N–H and O–H groups in total. The summed E-state index contributed by atoms with van der Waals surface area (Å²) in [5.74, 6) is 2.47. The van der Waals surface area contributed by atoms with E-state index in [1.54, 1.807) is 0 Å². The van der Waals surface area contributed by atoms with Gasteiger partial charge in [-0.1, -0.05) is 53.2 Å². The van der Waals surface area contributed by atoms with Crippen LogP contribution in [-0.2, 0) is 0 Å². The number of aryl methyl sites for hydroxylation is 1. The summed E-state index contributed by atoms with van der Waals surface area (Å²) in [4.78, 5) is 11.1. The average Bonchev–Trinajstić information content (AvgIpc) is 3.48. The first kappa shape index (κ1) is 19.1. The molecule has 5 rings (SSSR count). The fourth-order valence-electron chi connectivity index (χ4n) is 3.85. The first-order valence-electron chi connectivity index (χ1n) is 10.3. The molecule has 1 aliphatic heterocycles. The molecule has 0 bridgehead atoms. The van der Waals surface area contributed by atoms with Gasteiger partial charge in [0.25, 0.3) is 0 Å². The lowest BCUT2D eigenvalue weighted by Gasteiger charge is -2.29. The fraction of sp³-hybridized carbons (Fsp3) is 0.250. The standard InChI is InChI=1S/C24H21N5O2/c1-16-7-9-18(10-8-16)22-26-20(15-25)24(30-22)29-13-11-19(12-14-29)23-27-21(28-31-23)17-5-3-2-4-6-17/h2-10,19H,11-14H2,1H3. The fourth-order valence-corrected chi connectivity index (χ4v) is 3.85. The maximum atomic E-state index is 9.56. The first-order valence-corrected chi connectivity index (χ1v) is 10.3. The minimum Gasteiger partial charge on any atom is -0.419 e. The van der Waals surface area contributed by atoms with Gasteiger partial charge in [-0.2, -0.15) is 15.2 Å². The molecule has 2 aromatic carbocycles. The number of rotatable bonds is 4. The molecule has 2 aromatic heterocycles. The molecule has 1 fully saturated rings. The van der Waals surface area contributed by atoms with Crippen LogP contribution in [0.1, 0.15) is 35.9 Å². The second-order valence-corrected chi connectivity index (χ2v) is 7.73. The molecule has 1 aliphatic rings. The van der Waals surface area contributed by atoms with Crippen LogP contribution in [0.4, 0.5) is 5.88 Å². The van der Waals surface area contributed by atoms with Crippen LogP contribution >= 0.6 is 0 Å². The smallest absolute Gasteiger partial charge is 0.235 e. The van der Waals surface area contributed by atoms with E-state index in [4.69, 9.17) is 8.94 Å². The molecule has 31 heavy (non-hydrogen) atoms. The second kappa shape index (κ2) is 8.07. The van der Waals surface area contributed by atoms with Crippen LogP contribution in [-0.4, -0.2) is 28.2 Å². The van der Waals surface area contributed by atoms with Crippen molar-refractivity contribution in [3.05, 3.63) is 71.7 Å². The Labute approximate surface area is 180 Å². The van der Waals surface area contributed by atoms with Crippen LogP contribution in [0.15, 0.2) is 63.5 Å². The van der Waals surface area contributed by atoms with E-state index in [0.717, 1.165) is 42.6 Å². The summed E-state index contributed by atoms with van der Waals surface area (Å²) in [7, 11) is 0. The molecule has 0 atom stereocenters. The van der Waals surface area contributed by atoms with E-state index in [2.05, 4.69) is 26.1 Å². The third-order valence-corrected chi connectivity index (χ3v) is 5.62. The first-order chi connectivity index (χ1) is 15.2. The Balaban J connectivity index is 1.30. The molecular weight excluding hydrogens is 390 g/mol. The minimum absolute atomic E-state index is 0.186. The number of anilines is 1. The van der Waals surface area contributed by atoms with Crippen molar-refractivity contribution < 1.29 is 8.94 Å². The molecule has 4 aromatic rings. The molecule has 0 aliphatic carbocycles. The summed E-state index contributed by atoms with van der Waals surface area (Å²) in [6, 6.07) is 19.9. The van der Waals surface area contributed by atoms with Gasteiger partial charge in [-0.3, -0.25) is 0 Å². The number of nitriles is 1. The van der Waals surface area contributed by atoms with Crippen LogP contribution in [0.25, 0.3) is 22.8 Å². The molecule has 7 heteroatoms. The van der Waals surface area contributed by atoms with E-state index in [-0.39, 0.29) is 5.92 Å². The third-order valence-electron chi connectivity index (χ3n) is 5.62. The zero-order valence-electron chi connectivity index (χ0n) is 17.2. The highest BCUT2D eigenvalue weighted by Crippen LogP contribution is 2.34. The summed E-state index contributed by atoms with van der Waals surface area (Å²) < 4.78 is 11.6. The lowest BCUT2D eigenvalue weighted by atomic mass is 9.97. The normalized spacial score (nSPS) is 14.5. The van der Waals surface area contributed by atoms with Crippen LogP contribution in [0, 0.1) is 18.3 Å². The zero-order valence-corrected chi connectivity index (χ0v) is 17.2. The van der Waals surface area contributed by atoms with Gasteiger partial charge in [0, 0.05) is 30.1 Å². The minimum atomic E-state index is 0.186. The van der Waals surface area contributed by atoms with E-state index in [1.807, 2.05) is 61.5 Å². The van der Waals surface area contributed by atoms with Gasteiger partial charge in [-0.05, 0) is 31.9 Å². The Morgan fingerprint density at radius 1 is 0.968 bits per heavy atom. The number of piperidine rings is 1. The molecule has 154 valence electrons. The topological polar surface area (TPSA) is 92.0 Å². The highest BCUT2D eigenvalue weighted by Gasteiger charge is 2.29. The van der Waals surface area contributed by atoms with E-state index < -0.39 is 0 Å². The maximum Gasteiger partial charge on any atom is 0.235 e. The lowest BCUT2D eigenvalue weighted by Crippen LogP contribution is -2.33. The largest absolute Gasteiger partial charge is 0.419 e. The van der Waals surface area contributed by atoms with Gasteiger partial charge < -0.3 is 13.8 Å². The van der Waals surface area contributed by atoms with Gasteiger partial charge in [0.2, 0.25) is 29.2 Å². The van der Waals surface area contributed by atoms with E-state index in [9.17, 15) is 5.26 Å². The van der Waals surface area contributed by atoms with Crippen LogP contribution in [0.2, 0.25) is 0 Å². The predicted octanol–water partition coefficient (Wildman–Crippen LogP) is 4.96. The molecule has 0 saturated carbocycles. The average molecular weight is 411 g/mol. The summed E-state index contributed by atoms with van der Waals surface area (Å²) in [5.41, 5.74) is 3.29. The van der Waals surface area contributed by atoms with Gasteiger partial charge in [0.15, 0.2) is 0 Å². The third kappa shape index (κ3) is 3.80. The van der Waals surface area contributed by atoms with E-state index >= 15 is 0 Å². The van der Waals surface area contributed by atoms with Crippen LogP contribution in [0.5, 0.6) is 0 Å². The van der Waals surface area contributed by atoms with Crippen molar-refractivity contribution in [3.8, 4) is 28.9 Å². The number of aromatic nitrogens is 3. The number of benzene rings is 2. The van der Waals surface area contributed by atoms with Gasteiger partial charge in [-0.25, -0.2) is 0 Å². The van der Waals surface area contributed by atoms with Gasteiger partial charge >= 0.3 is 0 Å². The molecule has 7 nitrogen and oxygen atoms in total. The van der Waals surface area contributed by atoms with Crippen LogP contribution < -0.4 is 4.90 Å². The maximum absolute atomic E-state index is 9.56. The van der Waals surface area contributed by atoms with Crippen molar-refractivity contribution in [2.45, 2.75) is 25.7 Å². The predicted molar refractivity (Wildman–Crippen MR) is 115 cm³/mol. The molecule has 0 amide bonds. The summed E-state index contributed by atoms with van der Waals surface area (Å²) in [6.07, 6.45) is 1.67. The number of nitrogens with zero attached hydrogens (tertiary/aromatic N) is 5. The Bertz CT molecular complexity index is 1210. The molecule has 3 heterocycles. The summed E-state index contributed by atoms with van der Waals surface area (Å²) in [5, 5.41) is 13.7. The number of hydrogen-bond acceptors (Lipinski definition) is 7. The van der Waals surface area contributed by atoms with Gasteiger partial charge in [-0.15, -0.1) is 0 Å². The second-order valence-electron chi connectivity index (χ2n) is 7.73. The van der Waals surface area contributed by atoms with Crippen LogP contribution in [0.3, 0.4) is 0 Å². The molecule has 0 radical (unpaired) electrons. The number of hydrogen-bond donors (Lipinski definition) is 0. The van der Waals surface area contributed by atoms with Crippen molar-refractivity contribution in [3.63, 3.8) is 0 Å². The zero-order chi connectivity index (χ0) is 21.2. The van der Waals surface area contributed by atoms with Crippen molar-refractivity contribution in [1.82, 2.24) is 15.1 Å². The van der Waals surface area contributed by atoms with Gasteiger partial charge in [0.05, 0.1) is 0 Å². The highest BCUT2D eigenvalue weighted by molar-refractivity contribution is 5.60. The Morgan fingerprint density at radius 2 is 1.71 bits per heavy atom. The quantitative estimate of drug-likeness (QED) is 0.469. The Kier molecular flexibility index (Phi) is 4.97. The SMILES string of the molecule is Cc1ccc(-c2nc(C#N)c(N3CCC(c4nc(-c5ccccc5)no4)CC3)o2)cc1. The van der Waals surface area contributed by atoms with E-state index in [0.29, 0.717) is 29.2 Å². The van der Waals surface area contributed by atoms with Crippen molar-refractivity contribution in [2.75, 3.05) is 18.0 Å². The molecular formula is C24H21N5O2. The summed E-state index contributed by atoms with van der Waals surface area (Å²) in [6.45, 7) is 3.48. The molecule has 1 saturated heterocycles. The Morgan fingerprint density at radius 3 is 2.42 bits per heavy atom. The lowest BCUT2D eigenvalue weighted by molar-refractivity contribution is 0.327. The Hall–Kier alpha value is -3.92. The monoisotopic (exact) mass is 411 g/mol. The molecule has 0 spiro atoms.